The number of aliphatic hydroxyl groups excluding tert-OH is 1. The van der Waals surface area contributed by atoms with E-state index >= 15 is 0 Å². The number of hydrogen-bond donors (Lipinski definition) is 1. The first-order valence-electron chi connectivity index (χ1n) is 6.56. The maximum Gasteiger partial charge on any atom is 0.102 e. The van der Waals surface area contributed by atoms with Crippen molar-refractivity contribution in [2.45, 2.75) is 51.2 Å². The van der Waals surface area contributed by atoms with Gasteiger partial charge in [-0.2, -0.15) is 0 Å². The fourth-order valence-corrected chi connectivity index (χ4v) is 2.11. The van der Waals surface area contributed by atoms with Gasteiger partial charge >= 0.3 is 0 Å². The number of rotatable bonds is 5. The summed E-state index contributed by atoms with van der Waals surface area (Å²) in [5.41, 5.74) is 2.37. The van der Waals surface area contributed by atoms with Crippen LogP contribution in [0.15, 0.2) is 24.3 Å². The molecule has 0 heterocycles. The van der Waals surface area contributed by atoms with Gasteiger partial charge in [0.05, 0.1) is 12.7 Å². The summed E-state index contributed by atoms with van der Waals surface area (Å²) in [6.07, 6.45) is 3.65. The SMILES string of the molecule is CC(C)OCC(O)c1ccc(C2CCC2)cc1. The van der Waals surface area contributed by atoms with E-state index in [1.165, 1.54) is 24.8 Å². The zero-order chi connectivity index (χ0) is 12.3. The Labute approximate surface area is 104 Å². The lowest BCUT2D eigenvalue weighted by Crippen LogP contribution is -2.12. The maximum atomic E-state index is 9.95. The summed E-state index contributed by atoms with van der Waals surface area (Å²) in [7, 11) is 0. The third kappa shape index (κ3) is 3.30. The van der Waals surface area contributed by atoms with Crippen LogP contribution in [0.1, 0.15) is 56.3 Å². The molecule has 2 rings (SSSR count). The van der Waals surface area contributed by atoms with E-state index in [4.69, 9.17) is 4.74 Å². The van der Waals surface area contributed by atoms with Gasteiger partial charge in [0.2, 0.25) is 0 Å². The minimum atomic E-state index is -0.507. The largest absolute Gasteiger partial charge is 0.386 e. The molecule has 1 atom stereocenters. The summed E-state index contributed by atoms with van der Waals surface area (Å²) in [5.74, 6) is 0.758. The van der Waals surface area contributed by atoms with Gasteiger partial charge in [0, 0.05) is 0 Å². The molecule has 1 aliphatic carbocycles. The van der Waals surface area contributed by atoms with Crippen LogP contribution in [-0.4, -0.2) is 17.8 Å². The summed E-state index contributed by atoms with van der Waals surface area (Å²) in [5, 5.41) is 9.95. The fraction of sp³-hybridized carbons (Fsp3) is 0.600. The van der Waals surface area contributed by atoms with Crippen molar-refractivity contribution in [1.29, 1.82) is 0 Å². The highest BCUT2D eigenvalue weighted by Crippen LogP contribution is 2.36. The zero-order valence-electron chi connectivity index (χ0n) is 10.7. The van der Waals surface area contributed by atoms with Crippen LogP contribution >= 0.6 is 0 Å². The molecule has 1 saturated carbocycles. The third-order valence-electron chi connectivity index (χ3n) is 3.49. The summed E-state index contributed by atoms with van der Waals surface area (Å²) in [6, 6.07) is 8.36. The van der Waals surface area contributed by atoms with Crippen LogP contribution in [0.5, 0.6) is 0 Å². The Hall–Kier alpha value is -0.860. The summed E-state index contributed by atoms with van der Waals surface area (Å²) < 4.78 is 5.42. The van der Waals surface area contributed by atoms with Crippen molar-refractivity contribution in [1.82, 2.24) is 0 Å². The minimum absolute atomic E-state index is 0.166. The average Bonchev–Trinajstić information content (AvgIpc) is 2.24. The highest BCUT2D eigenvalue weighted by molar-refractivity contribution is 5.27. The molecule has 0 spiro atoms. The molecule has 0 saturated heterocycles. The van der Waals surface area contributed by atoms with Crippen molar-refractivity contribution >= 4 is 0 Å². The normalized spacial score (nSPS) is 18.1. The van der Waals surface area contributed by atoms with Crippen LogP contribution in [0, 0.1) is 0 Å². The predicted octanol–water partition coefficient (Wildman–Crippen LogP) is 3.41. The highest BCUT2D eigenvalue weighted by atomic mass is 16.5. The van der Waals surface area contributed by atoms with Gasteiger partial charge < -0.3 is 9.84 Å². The molecule has 0 radical (unpaired) electrons. The van der Waals surface area contributed by atoms with Crippen LogP contribution < -0.4 is 0 Å². The molecule has 1 aliphatic rings. The molecule has 1 aromatic rings. The topological polar surface area (TPSA) is 29.5 Å². The first-order valence-corrected chi connectivity index (χ1v) is 6.56. The lowest BCUT2D eigenvalue weighted by molar-refractivity contribution is 0.00492. The molecule has 0 bridgehead atoms. The number of aliphatic hydroxyl groups is 1. The van der Waals surface area contributed by atoms with Crippen LogP contribution in [0.2, 0.25) is 0 Å². The first-order chi connectivity index (χ1) is 8.16. The van der Waals surface area contributed by atoms with E-state index in [0.717, 1.165) is 11.5 Å². The summed E-state index contributed by atoms with van der Waals surface area (Å²) in [6.45, 7) is 4.33. The minimum Gasteiger partial charge on any atom is -0.386 e. The summed E-state index contributed by atoms with van der Waals surface area (Å²) in [4.78, 5) is 0. The van der Waals surface area contributed by atoms with E-state index < -0.39 is 6.10 Å². The van der Waals surface area contributed by atoms with E-state index in [2.05, 4.69) is 12.1 Å². The van der Waals surface area contributed by atoms with E-state index in [9.17, 15) is 5.11 Å². The van der Waals surface area contributed by atoms with Gasteiger partial charge in [-0.25, -0.2) is 0 Å². The van der Waals surface area contributed by atoms with E-state index in [0.29, 0.717) is 6.61 Å². The quantitative estimate of drug-likeness (QED) is 0.846. The Kier molecular flexibility index (Phi) is 4.19. The standard InChI is InChI=1S/C15H22O2/c1-11(2)17-10-15(16)14-8-6-13(7-9-14)12-4-3-5-12/h6-9,11-12,15-16H,3-5,10H2,1-2H3. The lowest BCUT2D eigenvalue weighted by atomic mass is 9.80. The number of ether oxygens (including phenoxy) is 1. The van der Waals surface area contributed by atoms with Crippen LogP contribution in [0.3, 0.4) is 0 Å². The number of hydrogen-bond acceptors (Lipinski definition) is 2. The van der Waals surface area contributed by atoms with Crippen molar-refractivity contribution in [2.24, 2.45) is 0 Å². The smallest absolute Gasteiger partial charge is 0.102 e. The second-order valence-corrected chi connectivity index (χ2v) is 5.19. The molecule has 2 nitrogen and oxygen atoms in total. The molecule has 1 N–H and O–H groups in total. The maximum absolute atomic E-state index is 9.95. The molecule has 2 heteroatoms. The Morgan fingerprint density at radius 3 is 2.35 bits per heavy atom. The van der Waals surface area contributed by atoms with E-state index in [-0.39, 0.29) is 6.10 Å². The molecule has 17 heavy (non-hydrogen) atoms. The molecule has 0 aliphatic heterocycles. The van der Waals surface area contributed by atoms with Crippen molar-refractivity contribution in [3.63, 3.8) is 0 Å². The van der Waals surface area contributed by atoms with Gasteiger partial charge in [-0.3, -0.25) is 0 Å². The van der Waals surface area contributed by atoms with Crippen molar-refractivity contribution < 1.29 is 9.84 Å². The third-order valence-corrected chi connectivity index (χ3v) is 3.49. The predicted molar refractivity (Wildman–Crippen MR) is 69.1 cm³/mol. The van der Waals surface area contributed by atoms with E-state index in [1.54, 1.807) is 0 Å². The van der Waals surface area contributed by atoms with Crippen molar-refractivity contribution in [2.75, 3.05) is 6.61 Å². The monoisotopic (exact) mass is 234 g/mol. The molecule has 1 unspecified atom stereocenters. The van der Waals surface area contributed by atoms with Crippen LogP contribution in [-0.2, 0) is 4.74 Å². The fourth-order valence-electron chi connectivity index (χ4n) is 2.11. The van der Waals surface area contributed by atoms with Crippen molar-refractivity contribution in [3.05, 3.63) is 35.4 Å². The molecule has 94 valence electrons. The highest BCUT2D eigenvalue weighted by Gasteiger charge is 2.19. The average molecular weight is 234 g/mol. The van der Waals surface area contributed by atoms with Gasteiger partial charge in [-0.15, -0.1) is 0 Å². The van der Waals surface area contributed by atoms with Crippen LogP contribution in [0.25, 0.3) is 0 Å². The molecular formula is C15H22O2. The molecule has 0 aromatic heterocycles. The van der Waals surface area contributed by atoms with Gasteiger partial charge in [-0.1, -0.05) is 30.7 Å². The molecular weight excluding hydrogens is 212 g/mol. The summed E-state index contributed by atoms with van der Waals surface area (Å²) >= 11 is 0. The lowest BCUT2D eigenvalue weighted by Gasteiger charge is -2.26. The number of benzene rings is 1. The van der Waals surface area contributed by atoms with Crippen molar-refractivity contribution in [3.8, 4) is 0 Å². The molecule has 0 amide bonds. The van der Waals surface area contributed by atoms with Crippen LogP contribution in [0.4, 0.5) is 0 Å². The first kappa shape index (κ1) is 12.6. The van der Waals surface area contributed by atoms with Gasteiger partial charge in [-0.05, 0) is 43.7 Å². The second kappa shape index (κ2) is 5.65. The van der Waals surface area contributed by atoms with Gasteiger partial charge in [0.25, 0.3) is 0 Å². The molecule has 1 fully saturated rings. The van der Waals surface area contributed by atoms with Gasteiger partial charge in [0.1, 0.15) is 6.10 Å². The Balaban J connectivity index is 1.92. The van der Waals surface area contributed by atoms with Gasteiger partial charge in [0.15, 0.2) is 0 Å². The zero-order valence-corrected chi connectivity index (χ0v) is 10.7. The van der Waals surface area contributed by atoms with E-state index in [1.807, 2.05) is 26.0 Å². The second-order valence-electron chi connectivity index (χ2n) is 5.19. The molecule has 1 aromatic carbocycles. The Morgan fingerprint density at radius 1 is 1.24 bits per heavy atom. The Morgan fingerprint density at radius 2 is 1.88 bits per heavy atom. The Bertz CT molecular complexity index is 338.